The first kappa shape index (κ1) is 20.0. The van der Waals surface area contributed by atoms with E-state index in [1.165, 1.54) is 5.56 Å². The molecule has 4 nitrogen and oxygen atoms in total. The molecule has 0 spiro atoms. The van der Waals surface area contributed by atoms with Crippen LogP contribution < -0.4 is 22.3 Å². The molecular weight excluding hydrogens is 462 g/mol. The largest absolute Gasteiger partial charge is 1.00 e. The average molecular weight is 485 g/mol. The third kappa shape index (κ3) is 4.55. The number of rotatable bonds is 6. The van der Waals surface area contributed by atoms with E-state index in [1.54, 1.807) is 0 Å². The summed E-state index contributed by atoms with van der Waals surface area (Å²) < 4.78 is 18.1. The van der Waals surface area contributed by atoms with Gasteiger partial charge >= 0.3 is 0 Å². The van der Waals surface area contributed by atoms with Crippen molar-refractivity contribution in [3.63, 3.8) is 0 Å². The van der Waals surface area contributed by atoms with Gasteiger partial charge in [0, 0.05) is 5.56 Å². The Bertz CT molecular complexity index is 616. The van der Waals surface area contributed by atoms with E-state index in [0.717, 1.165) is 12.1 Å². The Labute approximate surface area is 173 Å². The second-order valence-electron chi connectivity index (χ2n) is 6.58. The number of hydrogen-bond donors (Lipinski definition) is 1. The maximum absolute atomic E-state index is 6.18. The zero-order chi connectivity index (χ0) is 17.1. The van der Waals surface area contributed by atoms with Crippen LogP contribution in [0.25, 0.3) is 0 Å². The van der Waals surface area contributed by atoms with Gasteiger partial charge in [-0.25, -0.2) is 0 Å². The summed E-state index contributed by atoms with van der Waals surface area (Å²) in [5.41, 5.74) is 2.47. The van der Waals surface area contributed by atoms with Crippen LogP contribution >= 0.6 is 15.9 Å². The van der Waals surface area contributed by atoms with E-state index >= 15 is 0 Å². The van der Waals surface area contributed by atoms with E-state index in [2.05, 4.69) is 57.6 Å². The van der Waals surface area contributed by atoms with Crippen molar-refractivity contribution in [2.45, 2.75) is 42.5 Å². The molecule has 2 aliphatic heterocycles. The summed E-state index contributed by atoms with van der Waals surface area (Å²) in [7, 11) is 0. The molecule has 4 rings (SSSR count). The maximum Gasteiger partial charge on any atom is 0.185 e. The van der Waals surface area contributed by atoms with Gasteiger partial charge in [0.1, 0.15) is 29.6 Å². The summed E-state index contributed by atoms with van der Waals surface area (Å²) in [6, 6.07) is 21.0. The summed E-state index contributed by atoms with van der Waals surface area (Å²) in [4.78, 5) is 0.186. The Morgan fingerprint density at radius 1 is 1.00 bits per heavy atom. The van der Waals surface area contributed by atoms with Crippen LogP contribution in [-0.4, -0.2) is 36.0 Å². The normalized spacial score (nSPS) is 30.0. The number of ether oxygens (including phenoxy) is 3. The van der Waals surface area contributed by atoms with Crippen LogP contribution in [0.4, 0.5) is 0 Å². The van der Waals surface area contributed by atoms with Crippen molar-refractivity contribution < 1.29 is 36.5 Å². The number of quaternary nitrogens is 1. The van der Waals surface area contributed by atoms with Crippen LogP contribution in [0.3, 0.4) is 0 Å². The van der Waals surface area contributed by atoms with Crippen LogP contribution in [0.5, 0.6) is 0 Å². The minimum atomic E-state index is -0.278. The van der Waals surface area contributed by atoms with Crippen molar-refractivity contribution in [1.82, 2.24) is 0 Å². The van der Waals surface area contributed by atoms with Crippen molar-refractivity contribution in [2.24, 2.45) is 0 Å². The summed E-state index contributed by atoms with van der Waals surface area (Å²) in [6.07, 6.45) is -0.287. The van der Waals surface area contributed by atoms with E-state index < -0.39 is 0 Å². The van der Waals surface area contributed by atoms with Gasteiger partial charge < -0.3 is 36.5 Å². The summed E-state index contributed by atoms with van der Waals surface area (Å²) >= 11 is 3.87. The molecule has 2 fully saturated rings. The van der Waals surface area contributed by atoms with Crippen molar-refractivity contribution in [3.8, 4) is 0 Å². The quantitative estimate of drug-likeness (QED) is 0.547. The number of halogens is 2. The Balaban J connectivity index is 0.00000196. The molecular formula is C20H23Br2NO3. The Hall–Kier alpha value is -0.760. The standard InChI is InChI=1S/C20H22BrNO3.BrH/c21-17-18(22-11-14-7-3-1-4-8-14)16-13-24-20(25-16)19(17)23-12-15-9-5-2-6-10-15;/h1-10,16-20,22H,11-13H2;1H/t16-,17+,18-,19-,20-;/m1./s1. The van der Waals surface area contributed by atoms with Crippen molar-refractivity contribution in [1.29, 1.82) is 0 Å². The van der Waals surface area contributed by atoms with Crippen LogP contribution in [0, 0.1) is 0 Å². The second kappa shape index (κ2) is 9.44. The first-order valence-electron chi connectivity index (χ1n) is 8.75. The van der Waals surface area contributed by atoms with Crippen LogP contribution in [0.1, 0.15) is 11.1 Å². The highest BCUT2D eigenvalue weighted by atomic mass is 79.9. The minimum Gasteiger partial charge on any atom is -1.00 e. The molecule has 5 atom stereocenters. The first-order chi connectivity index (χ1) is 12.3. The number of benzene rings is 2. The summed E-state index contributed by atoms with van der Waals surface area (Å²) in [5.74, 6) is 0. The highest BCUT2D eigenvalue weighted by Gasteiger charge is 2.52. The van der Waals surface area contributed by atoms with Crippen LogP contribution in [0.2, 0.25) is 0 Å². The molecule has 0 saturated carbocycles. The molecule has 2 bridgehead atoms. The lowest BCUT2D eigenvalue weighted by atomic mass is 10.0. The molecule has 26 heavy (non-hydrogen) atoms. The fourth-order valence-corrected chi connectivity index (χ4v) is 4.45. The Morgan fingerprint density at radius 2 is 1.65 bits per heavy atom. The zero-order valence-corrected chi connectivity index (χ0v) is 17.5. The molecule has 0 amide bonds. The molecule has 2 N–H and O–H groups in total. The van der Waals surface area contributed by atoms with Gasteiger partial charge in [-0.1, -0.05) is 76.6 Å². The highest BCUT2D eigenvalue weighted by molar-refractivity contribution is 9.09. The smallest absolute Gasteiger partial charge is 0.185 e. The average Bonchev–Trinajstić information content (AvgIpc) is 3.09. The van der Waals surface area contributed by atoms with Gasteiger partial charge in [0.2, 0.25) is 0 Å². The molecule has 2 saturated heterocycles. The molecule has 2 aliphatic rings. The predicted molar refractivity (Wildman–Crippen MR) is 98.2 cm³/mol. The minimum absolute atomic E-state index is 0. The van der Waals surface area contributed by atoms with Gasteiger partial charge in [0.25, 0.3) is 0 Å². The molecule has 6 heteroatoms. The lowest BCUT2D eigenvalue weighted by molar-refractivity contribution is -0.713. The predicted octanol–water partition coefficient (Wildman–Crippen LogP) is -0.773. The number of nitrogens with two attached hydrogens (primary N) is 1. The van der Waals surface area contributed by atoms with Crippen LogP contribution in [-0.2, 0) is 27.4 Å². The molecule has 2 aromatic carbocycles. The third-order valence-corrected chi connectivity index (χ3v) is 6.00. The van der Waals surface area contributed by atoms with Gasteiger partial charge in [-0.05, 0) is 5.56 Å². The second-order valence-corrected chi connectivity index (χ2v) is 7.64. The molecule has 2 aromatic rings. The zero-order valence-electron chi connectivity index (χ0n) is 14.3. The molecule has 0 aliphatic carbocycles. The number of hydrogen-bond acceptors (Lipinski definition) is 3. The Morgan fingerprint density at radius 3 is 2.35 bits per heavy atom. The van der Waals surface area contributed by atoms with Crippen LogP contribution in [0.15, 0.2) is 60.7 Å². The SMILES string of the molecule is Br[C@H]1[C@H]([NH2+]Cc2ccccc2)[C@H]2CO[C@H](O2)[C@@H]1OCc1ccccc1.[Br-]. The molecule has 0 aromatic heterocycles. The van der Waals surface area contributed by atoms with E-state index in [-0.39, 0.29) is 46.3 Å². The number of fused-ring (bicyclic) bond motifs is 2. The highest BCUT2D eigenvalue weighted by Crippen LogP contribution is 2.33. The topological polar surface area (TPSA) is 44.3 Å². The van der Waals surface area contributed by atoms with E-state index in [9.17, 15) is 0 Å². The number of alkyl halides is 1. The van der Waals surface area contributed by atoms with Crippen molar-refractivity contribution >= 4 is 15.9 Å². The van der Waals surface area contributed by atoms with E-state index in [0.29, 0.717) is 13.2 Å². The molecule has 140 valence electrons. The van der Waals surface area contributed by atoms with Gasteiger partial charge in [-0.15, -0.1) is 0 Å². The lowest BCUT2D eigenvalue weighted by Crippen LogP contribution is -3.00. The third-order valence-electron chi connectivity index (χ3n) is 4.87. The van der Waals surface area contributed by atoms with E-state index in [1.807, 2.05) is 24.3 Å². The Kier molecular flexibility index (Phi) is 7.26. The molecule has 0 radical (unpaired) electrons. The summed E-state index contributed by atoms with van der Waals surface area (Å²) in [6.45, 7) is 2.12. The lowest BCUT2D eigenvalue weighted by Gasteiger charge is -2.36. The van der Waals surface area contributed by atoms with Gasteiger partial charge in [0.05, 0.1) is 13.2 Å². The van der Waals surface area contributed by atoms with Gasteiger partial charge in [-0.2, -0.15) is 0 Å². The van der Waals surface area contributed by atoms with Gasteiger partial charge in [0.15, 0.2) is 6.29 Å². The molecule has 2 heterocycles. The first-order valence-corrected chi connectivity index (χ1v) is 9.67. The van der Waals surface area contributed by atoms with E-state index in [4.69, 9.17) is 14.2 Å². The van der Waals surface area contributed by atoms with Gasteiger partial charge in [-0.3, -0.25) is 0 Å². The fourth-order valence-electron chi connectivity index (χ4n) is 3.49. The monoisotopic (exact) mass is 483 g/mol. The molecule has 0 unspecified atom stereocenters. The van der Waals surface area contributed by atoms with Crippen molar-refractivity contribution in [2.75, 3.05) is 6.61 Å². The summed E-state index contributed by atoms with van der Waals surface area (Å²) in [5, 5.41) is 2.34. The van der Waals surface area contributed by atoms with Crippen molar-refractivity contribution in [3.05, 3.63) is 71.8 Å². The fraction of sp³-hybridized carbons (Fsp3) is 0.400. The maximum atomic E-state index is 6.18.